The Bertz CT molecular complexity index is 977. The van der Waals surface area contributed by atoms with Gasteiger partial charge in [-0.15, -0.1) is 0 Å². The van der Waals surface area contributed by atoms with Gasteiger partial charge in [0.1, 0.15) is 6.10 Å². The van der Waals surface area contributed by atoms with Crippen molar-refractivity contribution >= 4 is 11.9 Å². The van der Waals surface area contributed by atoms with Crippen LogP contribution >= 0.6 is 0 Å². The summed E-state index contributed by atoms with van der Waals surface area (Å²) in [4.78, 5) is 26.1. The van der Waals surface area contributed by atoms with E-state index in [4.69, 9.17) is 4.74 Å². The Morgan fingerprint density at radius 3 is 1.31 bits per heavy atom. The van der Waals surface area contributed by atoms with E-state index in [1.807, 2.05) is 0 Å². The van der Waals surface area contributed by atoms with Crippen LogP contribution in [0, 0.1) is 0 Å². The first-order valence-electron chi connectivity index (χ1n) is 25.7. The van der Waals surface area contributed by atoms with Gasteiger partial charge in [0.25, 0.3) is 0 Å². The molecule has 346 valence electrons. The molecule has 6 nitrogen and oxygen atoms in total. The molecule has 0 aliphatic rings. The zero-order valence-electron chi connectivity index (χ0n) is 39.4. The van der Waals surface area contributed by atoms with Gasteiger partial charge in [0.05, 0.1) is 25.2 Å². The number of esters is 1. The number of carbonyl (C=O) groups excluding carboxylic acids is 2. The first-order chi connectivity index (χ1) is 29.0. The van der Waals surface area contributed by atoms with Crippen LogP contribution in [0.25, 0.3) is 0 Å². The third-order valence-corrected chi connectivity index (χ3v) is 11.8. The lowest BCUT2D eigenvalue weighted by atomic mass is 10.0. The Morgan fingerprint density at radius 2 is 0.864 bits per heavy atom. The molecular formula is C53H99NO5. The Hall–Kier alpha value is -1.92. The monoisotopic (exact) mass is 830 g/mol. The van der Waals surface area contributed by atoms with Crippen LogP contribution in [-0.2, 0) is 14.3 Å². The van der Waals surface area contributed by atoms with Crippen molar-refractivity contribution in [2.75, 3.05) is 6.61 Å². The minimum Gasteiger partial charge on any atom is -0.462 e. The number of carbonyl (C=O) groups is 2. The van der Waals surface area contributed by atoms with E-state index in [0.717, 1.165) is 70.6 Å². The second kappa shape index (κ2) is 47.1. The van der Waals surface area contributed by atoms with Gasteiger partial charge >= 0.3 is 5.97 Å². The van der Waals surface area contributed by atoms with E-state index in [1.165, 1.54) is 148 Å². The summed E-state index contributed by atoms with van der Waals surface area (Å²) in [7, 11) is 0. The van der Waals surface area contributed by atoms with Crippen molar-refractivity contribution in [3.05, 3.63) is 36.5 Å². The molecule has 1 amide bonds. The number of rotatable bonds is 46. The lowest BCUT2D eigenvalue weighted by molar-refractivity contribution is -0.151. The predicted molar refractivity (Wildman–Crippen MR) is 255 cm³/mol. The molecule has 3 N–H and O–H groups in total. The summed E-state index contributed by atoms with van der Waals surface area (Å²) in [5, 5.41) is 23.7. The first kappa shape index (κ1) is 57.1. The van der Waals surface area contributed by atoms with Crippen LogP contribution in [0.2, 0.25) is 0 Å². The second-order valence-electron chi connectivity index (χ2n) is 17.6. The summed E-state index contributed by atoms with van der Waals surface area (Å²) < 4.78 is 5.92. The quantitative estimate of drug-likeness (QED) is 0.0323. The molecular weight excluding hydrogens is 731 g/mol. The molecule has 0 heterocycles. The number of unbranched alkanes of at least 4 members (excludes halogenated alkanes) is 30. The van der Waals surface area contributed by atoms with Crippen molar-refractivity contribution in [1.29, 1.82) is 0 Å². The smallest absolute Gasteiger partial charge is 0.306 e. The maximum atomic E-state index is 13.2. The Labute approximate surface area is 366 Å². The number of ether oxygens (including phenoxy) is 1. The fourth-order valence-corrected chi connectivity index (χ4v) is 7.84. The number of hydrogen-bond donors (Lipinski definition) is 3. The first-order valence-corrected chi connectivity index (χ1v) is 25.7. The molecule has 0 saturated heterocycles. The van der Waals surface area contributed by atoms with E-state index in [0.29, 0.717) is 19.3 Å². The van der Waals surface area contributed by atoms with Crippen LogP contribution in [0.1, 0.15) is 265 Å². The van der Waals surface area contributed by atoms with Gasteiger partial charge in [-0.1, -0.05) is 237 Å². The SMILES string of the molecule is CCCCCCC/C=C/C=C/C=C/CCCCCC(CC(=O)NC(CO)C(O)CCCCCCCCCCC)OC(=O)CCCCCCCCCCCCCCCCC. The lowest BCUT2D eigenvalue weighted by Gasteiger charge is -2.24. The van der Waals surface area contributed by atoms with Crippen LogP contribution < -0.4 is 5.32 Å². The third-order valence-electron chi connectivity index (χ3n) is 11.8. The van der Waals surface area contributed by atoms with Gasteiger partial charge in [0, 0.05) is 6.42 Å². The normalized spacial score (nSPS) is 13.5. The molecule has 0 radical (unpaired) electrons. The van der Waals surface area contributed by atoms with Gasteiger partial charge in [-0.2, -0.15) is 0 Å². The molecule has 0 aliphatic carbocycles. The maximum Gasteiger partial charge on any atom is 0.306 e. The van der Waals surface area contributed by atoms with Crippen LogP contribution in [0.3, 0.4) is 0 Å². The van der Waals surface area contributed by atoms with Crippen LogP contribution in [0.4, 0.5) is 0 Å². The summed E-state index contributed by atoms with van der Waals surface area (Å²) in [6.45, 7) is 6.45. The molecule has 0 aromatic carbocycles. The van der Waals surface area contributed by atoms with Crippen LogP contribution in [0.5, 0.6) is 0 Å². The molecule has 6 heteroatoms. The van der Waals surface area contributed by atoms with Crippen molar-refractivity contribution in [3.63, 3.8) is 0 Å². The highest BCUT2D eigenvalue weighted by Gasteiger charge is 2.24. The maximum absolute atomic E-state index is 13.2. The molecule has 0 bridgehead atoms. The second-order valence-corrected chi connectivity index (χ2v) is 17.6. The van der Waals surface area contributed by atoms with E-state index in [-0.39, 0.29) is 24.9 Å². The highest BCUT2D eigenvalue weighted by Crippen LogP contribution is 2.18. The van der Waals surface area contributed by atoms with E-state index in [1.54, 1.807) is 0 Å². The Morgan fingerprint density at radius 1 is 0.492 bits per heavy atom. The summed E-state index contributed by atoms with van der Waals surface area (Å²) >= 11 is 0. The average Bonchev–Trinajstić information content (AvgIpc) is 3.23. The number of aliphatic hydroxyl groups excluding tert-OH is 2. The number of amides is 1. The molecule has 3 unspecified atom stereocenters. The number of hydrogen-bond acceptors (Lipinski definition) is 5. The van der Waals surface area contributed by atoms with E-state index >= 15 is 0 Å². The topological polar surface area (TPSA) is 95.9 Å². The van der Waals surface area contributed by atoms with Crippen molar-refractivity contribution in [3.8, 4) is 0 Å². The summed E-state index contributed by atoms with van der Waals surface area (Å²) in [5.41, 5.74) is 0. The van der Waals surface area contributed by atoms with Crippen molar-refractivity contribution in [1.82, 2.24) is 5.32 Å². The van der Waals surface area contributed by atoms with Gasteiger partial charge in [-0.25, -0.2) is 0 Å². The van der Waals surface area contributed by atoms with Gasteiger partial charge in [0.2, 0.25) is 5.91 Å². The molecule has 3 atom stereocenters. The molecule has 0 saturated carbocycles. The fraction of sp³-hybridized carbons (Fsp3) is 0.849. The van der Waals surface area contributed by atoms with E-state index < -0.39 is 18.2 Å². The lowest BCUT2D eigenvalue weighted by Crippen LogP contribution is -2.46. The molecule has 0 aromatic heterocycles. The molecule has 0 fully saturated rings. The average molecular weight is 830 g/mol. The Balaban J connectivity index is 4.63. The molecule has 59 heavy (non-hydrogen) atoms. The van der Waals surface area contributed by atoms with Gasteiger partial charge in [0.15, 0.2) is 0 Å². The minimum absolute atomic E-state index is 0.0583. The molecule has 0 aliphatic heterocycles. The summed E-state index contributed by atoms with van der Waals surface area (Å²) in [5.74, 6) is -0.498. The fourth-order valence-electron chi connectivity index (χ4n) is 7.84. The minimum atomic E-state index is -0.793. The number of aliphatic hydroxyl groups is 2. The standard InChI is InChI=1S/C53H99NO5/c1-4-7-10-13-16-19-21-23-25-27-28-30-33-35-38-41-44-49(47-52(57)54-50(48-55)51(56)45-42-39-36-32-18-15-12-9-6-3)59-53(58)46-43-40-37-34-31-29-26-24-22-20-17-14-11-8-5-2/h21,23,25,27-28,30,49-51,55-56H,4-20,22,24,26,29,31-48H2,1-3H3,(H,54,57)/b23-21+,27-25+,30-28+. The van der Waals surface area contributed by atoms with Crippen molar-refractivity contribution in [2.45, 2.75) is 283 Å². The zero-order valence-corrected chi connectivity index (χ0v) is 39.4. The number of nitrogens with one attached hydrogen (secondary N) is 1. The summed E-state index contributed by atoms with van der Waals surface area (Å²) in [6.07, 6.45) is 54.9. The van der Waals surface area contributed by atoms with Crippen LogP contribution in [0.15, 0.2) is 36.5 Å². The largest absolute Gasteiger partial charge is 0.462 e. The Kier molecular flexibility index (Phi) is 45.6. The van der Waals surface area contributed by atoms with Crippen LogP contribution in [-0.4, -0.2) is 46.9 Å². The number of allylic oxidation sites excluding steroid dienone is 6. The van der Waals surface area contributed by atoms with E-state index in [9.17, 15) is 19.8 Å². The highest BCUT2D eigenvalue weighted by atomic mass is 16.5. The van der Waals surface area contributed by atoms with Crippen molar-refractivity contribution < 1.29 is 24.5 Å². The van der Waals surface area contributed by atoms with E-state index in [2.05, 4.69) is 62.5 Å². The van der Waals surface area contributed by atoms with Gasteiger partial charge in [-0.3, -0.25) is 9.59 Å². The summed E-state index contributed by atoms with van der Waals surface area (Å²) in [6, 6.07) is -0.708. The highest BCUT2D eigenvalue weighted by molar-refractivity contribution is 5.77. The van der Waals surface area contributed by atoms with Crippen molar-refractivity contribution in [2.24, 2.45) is 0 Å². The zero-order chi connectivity index (χ0) is 43.1. The molecule has 0 aromatic rings. The van der Waals surface area contributed by atoms with Gasteiger partial charge < -0.3 is 20.3 Å². The predicted octanol–water partition coefficient (Wildman–Crippen LogP) is 15.3. The molecule has 0 spiro atoms. The molecule has 0 rings (SSSR count). The third kappa shape index (κ3) is 42.6. The van der Waals surface area contributed by atoms with Gasteiger partial charge in [-0.05, 0) is 51.4 Å².